The molecule has 2 aliphatic rings. The number of H-pyrrole nitrogens is 1. The van der Waals surface area contributed by atoms with E-state index in [-0.39, 0.29) is 31.2 Å². The first-order chi connectivity index (χ1) is 16.3. The number of carbonyl (C=O) groups is 5. The topological polar surface area (TPSA) is 200 Å². The first-order valence-corrected chi connectivity index (χ1v) is 11.4. The molecule has 0 saturated carbocycles. The number of hydrogen-bond donors (Lipinski definition) is 6. The van der Waals surface area contributed by atoms with Crippen LogP contribution in [0.2, 0.25) is 0 Å². The normalized spacial score (nSPS) is 21.6. The highest BCUT2D eigenvalue weighted by molar-refractivity contribution is 5.94. The Balaban J connectivity index is 1.67. The first kappa shape index (κ1) is 25.1. The molecule has 7 N–H and O–H groups in total. The first-order valence-electron chi connectivity index (χ1n) is 11.4. The number of rotatable bonds is 11. The van der Waals surface area contributed by atoms with E-state index in [0.29, 0.717) is 31.5 Å². The van der Waals surface area contributed by atoms with Crippen molar-refractivity contribution in [3.05, 3.63) is 18.2 Å². The minimum absolute atomic E-state index is 0.0448. The van der Waals surface area contributed by atoms with Crippen LogP contribution in [0.5, 0.6) is 0 Å². The monoisotopic (exact) mass is 477 g/mol. The third kappa shape index (κ3) is 6.53. The van der Waals surface area contributed by atoms with Gasteiger partial charge in [0.1, 0.15) is 18.1 Å². The summed E-state index contributed by atoms with van der Waals surface area (Å²) in [5.41, 5.74) is 5.72. The van der Waals surface area contributed by atoms with Gasteiger partial charge in [0.25, 0.3) is 0 Å². The molecule has 2 fully saturated rings. The third-order valence-electron chi connectivity index (χ3n) is 6.10. The number of hydrogen-bond acceptors (Lipinski definition) is 7. The van der Waals surface area contributed by atoms with Crippen molar-refractivity contribution in [2.75, 3.05) is 13.1 Å². The van der Waals surface area contributed by atoms with Crippen molar-refractivity contribution in [1.29, 1.82) is 0 Å². The summed E-state index contributed by atoms with van der Waals surface area (Å²) < 4.78 is 0. The molecular weight excluding hydrogens is 446 g/mol. The lowest BCUT2D eigenvalue weighted by Gasteiger charge is -2.28. The highest BCUT2D eigenvalue weighted by atomic mass is 16.4. The number of carbonyl (C=O) groups excluding carboxylic acids is 4. The second-order valence-corrected chi connectivity index (χ2v) is 8.59. The van der Waals surface area contributed by atoms with E-state index < -0.39 is 41.8 Å². The van der Waals surface area contributed by atoms with E-state index in [1.165, 1.54) is 17.4 Å². The largest absolute Gasteiger partial charge is 0.480 e. The summed E-state index contributed by atoms with van der Waals surface area (Å²) in [6, 6.07) is -3.52. The van der Waals surface area contributed by atoms with E-state index in [2.05, 4.69) is 25.9 Å². The molecule has 3 rings (SSSR count). The summed E-state index contributed by atoms with van der Waals surface area (Å²) >= 11 is 0. The average molecular weight is 478 g/mol. The summed E-state index contributed by atoms with van der Waals surface area (Å²) in [7, 11) is 0. The number of carboxylic acids is 1. The zero-order chi connectivity index (χ0) is 24.7. The van der Waals surface area contributed by atoms with Crippen LogP contribution in [-0.4, -0.2) is 86.8 Å². The number of aromatic amines is 1. The molecule has 2 saturated heterocycles. The van der Waals surface area contributed by atoms with Crippen LogP contribution in [0, 0.1) is 0 Å². The highest BCUT2D eigenvalue weighted by Gasteiger charge is 2.39. The maximum Gasteiger partial charge on any atom is 0.326 e. The zero-order valence-electron chi connectivity index (χ0n) is 18.8. The second kappa shape index (κ2) is 11.6. The van der Waals surface area contributed by atoms with Gasteiger partial charge in [0.05, 0.1) is 12.4 Å². The number of nitrogens with two attached hydrogens (primary N) is 1. The van der Waals surface area contributed by atoms with Gasteiger partial charge in [0.2, 0.25) is 23.6 Å². The molecule has 0 aromatic carbocycles. The third-order valence-corrected chi connectivity index (χ3v) is 6.10. The lowest BCUT2D eigenvalue weighted by atomic mass is 10.1. The fraction of sp³-hybridized carbons (Fsp3) is 0.619. The summed E-state index contributed by atoms with van der Waals surface area (Å²) in [6.45, 7) is 1.19. The summed E-state index contributed by atoms with van der Waals surface area (Å²) in [6.07, 6.45) is 5.20. The smallest absolute Gasteiger partial charge is 0.326 e. The molecule has 34 heavy (non-hydrogen) atoms. The van der Waals surface area contributed by atoms with Crippen molar-refractivity contribution in [2.45, 2.75) is 69.1 Å². The molecule has 13 nitrogen and oxygen atoms in total. The molecular formula is C21H31N7O6. The fourth-order valence-corrected chi connectivity index (χ4v) is 4.31. The molecule has 0 bridgehead atoms. The van der Waals surface area contributed by atoms with Gasteiger partial charge in [-0.3, -0.25) is 19.2 Å². The van der Waals surface area contributed by atoms with Gasteiger partial charge in [0.15, 0.2) is 0 Å². The van der Waals surface area contributed by atoms with Gasteiger partial charge in [-0.15, -0.1) is 0 Å². The van der Waals surface area contributed by atoms with Gasteiger partial charge in [-0.05, 0) is 38.6 Å². The Morgan fingerprint density at radius 2 is 1.97 bits per heavy atom. The van der Waals surface area contributed by atoms with Crippen molar-refractivity contribution in [3.8, 4) is 0 Å². The standard InChI is InChI=1S/C21H31N7O6/c22-17(29)6-5-13(18(30)27-15(21(33)34)9-12-10-23-11-25-12)26-19(31)16-4-2-8-28(16)20(32)14-3-1-7-24-14/h10-11,13-16,24H,1-9H2,(H2,22,29)(H,23,25)(H,26,31)(H,27,30)(H,33,34). The number of aliphatic carboxylic acids is 1. The lowest BCUT2D eigenvalue weighted by Crippen LogP contribution is -2.56. The number of nitrogens with zero attached hydrogens (tertiary/aromatic N) is 2. The number of nitrogens with one attached hydrogen (secondary N) is 4. The molecule has 186 valence electrons. The van der Waals surface area contributed by atoms with E-state index in [0.717, 1.165) is 13.0 Å². The van der Waals surface area contributed by atoms with E-state index in [1.54, 1.807) is 0 Å². The molecule has 1 aromatic rings. The molecule has 0 radical (unpaired) electrons. The van der Waals surface area contributed by atoms with Crippen molar-refractivity contribution in [1.82, 2.24) is 30.8 Å². The molecule has 0 spiro atoms. The number of primary amides is 1. The summed E-state index contributed by atoms with van der Waals surface area (Å²) in [4.78, 5) is 69.9. The van der Waals surface area contributed by atoms with Gasteiger partial charge in [-0.25, -0.2) is 9.78 Å². The second-order valence-electron chi connectivity index (χ2n) is 8.59. The maximum absolute atomic E-state index is 13.1. The summed E-state index contributed by atoms with van der Waals surface area (Å²) in [5.74, 6) is -3.34. The predicted molar refractivity (Wildman–Crippen MR) is 118 cm³/mol. The fourth-order valence-electron chi connectivity index (χ4n) is 4.31. The molecule has 4 atom stereocenters. The Hall–Kier alpha value is -3.48. The van der Waals surface area contributed by atoms with Crippen LogP contribution in [0.25, 0.3) is 0 Å². The molecule has 4 amide bonds. The van der Waals surface area contributed by atoms with Crippen molar-refractivity contribution >= 4 is 29.6 Å². The lowest BCUT2D eigenvalue weighted by molar-refractivity contribution is -0.143. The maximum atomic E-state index is 13.1. The highest BCUT2D eigenvalue weighted by Crippen LogP contribution is 2.21. The number of aromatic nitrogens is 2. The Bertz CT molecular complexity index is 899. The van der Waals surface area contributed by atoms with Crippen LogP contribution < -0.4 is 21.7 Å². The van der Waals surface area contributed by atoms with E-state index in [4.69, 9.17) is 5.73 Å². The Labute approximate surface area is 196 Å². The average Bonchev–Trinajstić information content (AvgIpc) is 3.57. The van der Waals surface area contributed by atoms with Crippen LogP contribution in [0.1, 0.15) is 44.2 Å². The number of likely N-dealkylation sites (tertiary alicyclic amines) is 1. The number of carboxylic acid groups (broad SMARTS) is 1. The van der Waals surface area contributed by atoms with Crippen LogP contribution in [0.15, 0.2) is 12.5 Å². The van der Waals surface area contributed by atoms with Gasteiger partial charge >= 0.3 is 5.97 Å². The molecule has 2 aliphatic heterocycles. The van der Waals surface area contributed by atoms with E-state index in [9.17, 15) is 29.1 Å². The van der Waals surface area contributed by atoms with Crippen LogP contribution in [-0.2, 0) is 30.4 Å². The van der Waals surface area contributed by atoms with Crippen molar-refractivity contribution < 1.29 is 29.1 Å². The molecule has 4 unspecified atom stereocenters. The van der Waals surface area contributed by atoms with E-state index in [1.807, 2.05) is 0 Å². The van der Waals surface area contributed by atoms with Gasteiger partial charge < -0.3 is 36.7 Å². The Kier molecular flexibility index (Phi) is 8.57. The molecule has 1 aromatic heterocycles. The zero-order valence-corrected chi connectivity index (χ0v) is 18.8. The van der Waals surface area contributed by atoms with Crippen LogP contribution >= 0.6 is 0 Å². The minimum Gasteiger partial charge on any atom is -0.480 e. The van der Waals surface area contributed by atoms with Gasteiger partial charge in [0, 0.05) is 31.3 Å². The van der Waals surface area contributed by atoms with Crippen LogP contribution in [0.3, 0.4) is 0 Å². The van der Waals surface area contributed by atoms with Gasteiger partial charge in [-0.2, -0.15) is 0 Å². The minimum atomic E-state index is -1.28. The Morgan fingerprint density at radius 3 is 2.59 bits per heavy atom. The van der Waals surface area contributed by atoms with E-state index >= 15 is 0 Å². The predicted octanol–water partition coefficient (Wildman–Crippen LogP) is -1.99. The summed E-state index contributed by atoms with van der Waals surface area (Å²) in [5, 5.41) is 17.7. The van der Waals surface area contributed by atoms with Gasteiger partial charge in [-0.1, -0.05) is 0 Å². The molecule has 3 heterocycles. The number of amides is 4. The van der Waals surface area contributed by atoms with Crippen molar-refractivity contribution in [2.24, 2.45) is 5.73 Å². The Morgan fingerprint density at radius 1 is 1.18 bits per heavy atom. The number of imidazole rings is 1. The quantitative estimate of drug-likeness (QED) is 0.210. The molecule has 13 heteroatoms. The van der Waals surface area contributed by atoms with Crippen molar-refractivity contribution in [3.63, 3.8) is 0 Å². The molecule has 0 aliphatic carbocycles. The SMILES string of the molecule is NC(=O)CCC(NC(=O)C1CCCN1C(=O)C1CCCN1)C(=O)NC(Cc1cnc[nH]1)C(=O)O. The van der Waals surface area contributed by atoms with Crippen LogP contribution in [0.4, 0.5) is 0 Å².